The number of hydrogen-bond donors (Lipinski definition) is 1. The molecule has 1 aromatic heterocycles. The van der Waals surface area contributed by atoms with E-state index in [9.17, 15) is 9.18 Å². The number of aromatic nitrogens is 1. The predicted molar refractivity (Wildman–Crippen MR) is 88.7 cm³/mol. The molecule has 0 bridgehead atoms. The molecule has 3 rings (SSSR count). The molecule has 2 aromatic carbocycles. The Hall–Kier alpha value is -2.75. The molecule has 0 saturated heterocycles. The van der Waals surface area contributed by atoms with E-state index < -0.39 is 12.6 Å². The van der Waals surface area contributed by atoms with E-state index in [2.05, 4.69) is 10.3 Å². The van der Waals surface area contributed by atoms with Crippen LogP contribution in [-0.4, -0.2) is 17.6 Å². The number of pyridine rings is 1. The van der Waals surface area contributed by atoms with Crippen LogP contribution in [0.25, 0.3) is 10.9 Å². The van der Waals surface area contributed by atoms with Crippen molar-refractivity contribution in [3.63, 3.8) is 0 Å². The summed E-state index contributed by atoms with van der Waals surface area (Å²) in [6.07, 6.45) is 0.514. The molecule has 1 unspecified atom stereocenters. The highest BCUT2D eigenvalue weighted by Crippen LogP contribution is 2.19. The minimum Gasteiger partial charge on any atom is -0.347 e. The van der Waals surface area contributed by atoms with Gasteiger partial charge in [-0.1, -0.05) is 54.6 Å². The summed E-state index contributed by atoms with van der Waals surface area (Å²) in [4.78, 5) is 16.1. The third kappa shape index (κ3) is 3.72. The molecule has 0 aliphatic heterocycles. The van der Waals surface area contributed by atoms with Gasteiger partial charge in [-0.25, -0.2) is 4.39 Å². The maximum Gasteiger partial charge on any atom is 0.251 e. The van der Waals surface area contributed by atoms with Crippen LogP contribution in [-0.2, 0) is 11.2 Å². The normalized spacial score (nSPS) is 12.0. The Kier molecular flexibility index (Phi) is 4.62. The second-order valence-electron chi connectivity index (χ2n) is 5.36. The minimum atomic E-state index is -1.02. The second-order valence-corrected chi connectivity index (χ2v) is 5.36. The van der Waals surface area contributed by atoms with Crippen molar-refractivity contribution in [3.8, 4) is 0 Å². The van der Waals surface area contributed by atoms with Crippen molar-refractivity contribution in [2.75, 3.05) is 6.67 Å². The lowest BCUT2D eigenvalue weighted by Gasteiger charge is -2.18. The van der Waals surface area contributed by atoms with Crippen molar-refractivity contribution < 1.29 is 9.18 Å². The number of carbonyl (C=O) groups excluding carboxylic acids is 1. The number of amides is 1. The molecule has 1 N–H and O–H groups in total. The van der Waals surface area contributed by atoms with Crippen molar-refractivity contribution in [2.45, 2.75) is 12.5 Å². The topological polar surface area (TPSA) is 42.0 Å². The number of rotatable bonds is 5. The van der Waals surface area contributed by atoms with Gasteiger partial charge in [-0.15, -0.1) is 0 Å². The number of nitrogens with one attached hydrogen (secondary N) is 1. The predicted octanol–water partition coefficient (Wildman–Crippen LogP) is 3.60. The molecular formula is C19H17FN2O. The van der Waals surface area contributed by atoms with Crippen LogP contribution < -0.4 is 5.32 Å². The number of halogens is 1. The summed E-state index contributed by atoms with van der Waals surface area (Å²) in [6, 6.07) is 21.1. The Morgan fingerprint density at radius 2 is 1.74 bits per heavy atom. The van der Waals surface area contributed by atoms with Gasteiger partial charge in [-0.3, -0.25) is 9.78 Å². The van der Waals surface area contributed by atoms with E-state index in [0.29, 0.717) is 6.42 Å². The van der Waals surface area contributed by atoms with Gasteiger partial charge in [0.05, 0.1) is 11.6 Å². The second kappa shape index (κ2) is 7.01. The van der Waals surface area contributed by atoms with Crippen molar-refractivity contribution in [3.05, 3.63) is 78.0 Å². The van der Waals surface area contributed by atoms with E-state index in [-0.39, 0.29) is 6.04 Å². The molecule has 0 saturated carbocycles. The van der Waals surface area contributed by atoms with E-state index in [1.807, 2.05) is 66.7 Å². The highest BCUT2D eigenvalue weighted by atomic mass is 19.1. The monoisotopic (exact) mass is 308 g/mol. The van der Waals surface area contributed by atoms with Crippen LogP contribution >= 0.6 is 0 Å². The summed E-state index contributed by atoms with van der Waals surface area (Å²) in [7, 11) is 0. The fourth-order valence-corrected chi connectivity index (χ4v) is 2.60. The molecule has 1 heterocycles. The molecule has 3 aromatic rings. The third-order valence-electron chi connectivity index (χ3n) is 3.73. The van der Waals surface area contributed by atoms with Crippen LogP contribution in [0.3, 0.4) is 0 Å². The Labute approximate surface area is 134 Å². The smallest absolute Gasteiger partial charge is 0.251 e. The highest BCUT2D eigenvalue weighted by molar-refractivity contribution is 5.79. The Morgan fingerprint density at radius 3 is 2.52 bits per heavy atom. The van der Waals surface area contributed by atoms with Crippen molar-refractivity contribution in [1.82, 2.24) is 10.3 Å². The number of hydrogen-bond acceptors (Lipinski definition) is 2. The third-order valence-corrected chi connectivity index (χ3v) is 3.73. The summed E-state index contributed by atoms with van der Waals surface area (Å²) in [5, 5.41) is 3.80. The van der Waals surface area contributed by atoms with Gasteiger partial charge >= 0.3 is 0 Å². The molecule has 23 heavy (non-hydrogen) atoms. The van der Waals surface area contributed by atoms with Gasteiger partial charge in [-0.2, -0.15) is 0 Å². The number of alkyl halides is 1. The number of carbonyl (C=O) groups is 1. The fourth-order valence-electron chi connectivity index (χ4n) is 2.60. The molecule has 0 radical (unpaired) electrons. The summed E-state index contributed by atoms with van der Waals surface area (Å²) in [6.45, 7) is -1.02. The van der Waals surface area contributed by atoms with Gasteiger partial charge in [0.15, 0.2) is 6.67 Å². The molecular weight excluding hydrogens is 291 g/mol. The zero-order valence-corrected chi connectivity index (χ0v) is 12.6. The molecule has 0 fully saturated rings. The van der Waals surface area contributed by atoms with Crippen LogP contribution in [0.2, 0.25) is 0 Å². The fraction of sp³-hybridized carbons (Fsp3) is 0.158. The standard InChI is InChI=1S/C19H17FN2O/c20-13-19(23)22-18(14-6-2-1-3-7-14)12-16-11-10-15-8-4-5-9-17(15)21-16/h1-11,18H,12-13H2,(H,22,23). The highest BCUT2D eigenvalue weighted by Gasteiger charge is 2.16. The molecule has 1 amide bonds. The van der Waals surface area contributed by atoms with Crippen LogP contribution in [0.4, 0.5) is 4.39 Å². The summed E-state index contributed by atoms with van der Waals surface area (Å²) in [5.74, 6) is -0.611. The molecule has 116 valence electrons. The van der Waals surface area contributed by atoms with Crippen LogP contribution in [0.15, 0.2) is 66.7 Å². The molecule has 1 atom stereocenters. The van der Waals surface area contributed by atoms with Crippen LogP contribution in [0.5, 0.6) is 0 Å². The lowest BCUT2D eigenvalue weighted by molar-refractivity contribution is -0.122. The molecule has 0 spiro atoms. The first kappa shape index (κ1) is 15.2. The largest absolute Gasteiger partial charge is 0.347 e. The van der Waals surface area contributed by atoms with Gasteiger partial charge < -0.3 is 5.32 Å². The first-order chi connectivity index (χ1) is 11.3. The van der Waals surface area contributed by atoms with Crippen LogP contribution in [0, 0.1) is 0 Å². The number of nitrogens with zero attached hydrogens (tertiary/aromatic N) is 1. The molecule has 0 aliphatic rings. The number of para-hydroxylation sites is 1. The van der Waals surface area contributed by atoms with E-state index in [0.717, 1.165) is 22.2 Å². The van der Waals surface area contributed by atoms with Gasteiger partial charge in [-0.05, 0) is 17.7 Å². The first-order valence-corrected chi connectivity index (χ1v) is 7.51. The average molecular weight is 308 g/mol. The maximum absolute atomic E-state index is 12.6. The van der Waals surface area contributed by atoms with Crippen molar-refractivity contribution in [1.29, 1.82) is 0 Å². The zero-order valence-electron chi connectivity index (χ0n) is 12.6. The van der Waals surface area contributed by atoms with E-state index in [4.69, 9.17) is 0 Å². The molecule has 0 aliphatic carbocycles. The van der Waals surface area contributed by atoms with Crippen molar-refractivity contribution in [2.24, 2.45) is 0 Å². The zero-order chi connectivity index (χ0) is 16.1. The first-order valence-electron chi connectivity index (χ1n) is 7.51. The Balaban J connectivity index is 1.88. The van der Waals surface area contributed by atoms with E-state index in [1.165, 1.54) is 0 Å². The SMILES string of the molecule is O=C(CF)NC(Cc1ccc2ccccc2n1)c1ccccc1. The van der Waals surface area contributed by atoms with Gasteiger partial charge in [0.2, 0.25) is 0 Å². The average Bonchev–Trinajstić information content (AvgIpc) is 2.61. The maximum atomic E-state index is 12.6. The summed E-state index contributed by atoms with van der Waals surface area (Å²) in [5.41, 5.74) is 2.70. The summed E-state index contributed by atoms with van der Waals surface area (Å²) >= 11 is 0. The Bertz CT molecular complexity index is 805. The minimum absolute atomic E-state index is 0.298. The van der Waals surface area contributed by atoms with Gasteiger partial charge in [0.1, 0.15) is 0 Å². The number of fused-ring (bicyclic) bond motifs is 1. The van der Waals surface area contributed by atoms with Gasteiger partial charge in [0.25, 0.3) is 5.91 Å². The Morgan fingerprint density at radius 1 is 1.00 bits per heavy atom. The van der Waals surface area contributed by atoms with Crippen molar-refractivity contribution >= 4 is 16.8 Å². The lowest BCUT2D eigenvalue weighted by Crippen LogP contribution is -2.31. The summed E-state index contributed by atoms with van der Waals surface area (Å²) < 4.78 is 12.6. The molecule has 3 nitrogen and oxygen atoms in total. The quantitative estimate of drug-likeness (QED) is 0.782. The number of benzene rings is 2. The van der Waals surface area contributed by atoms with E-state index >= 15 is 0 Å². The lowest BCUT2D eigenvalue weighted by atomic mass is 10.0. The molecule has 4 heteroatoms. The van der Waals surface area contributed by atoms with Gasteiger partial charge in [0, 0.05) is 17.5 Å². The van der Waals surface area contributed by atoms with Crippen LogP contribution in [0.1, 0.15) is 17.3 Å². The van der Waals surface area contributed by atoms with E-state index in [1.54, 1.807) is 0 Å².